The second-order valence-electron chi connectivity index (χ2n) is 5.15. The summed E-state index contributed by atoms with van der Waals surface area (Å²) in [6, 6.07) is 0.412. The number of rotatable bonds is 6. The third-order valence-electron chi connectivity index (χ3n) is 3.43. The Morgan fingerprint density at radius 3 is 2.47 bits per heavy atom. The molecule has 0 aromatic carbocycles. The fraction of sp³-hybridized carbons (Fsp3) is 0.923. The SMILES string of the molecule is CC(C)N(CCCN)CC(=O)N1CCCCC1. The number of piperidine rings is 1. The monoisotopic (exact) mass is 241 g/mol. The molecule has 4 nitrogen and oxygen atoms in total. The predicted molar refractivity (Wildman–Crippen MR) is 70.8 cm³/mol. The van der Waals surface area contributed by atoms with Gasteiger partial charge in [-0.05, 0) is 46.1 Å². The lowest BCUT2D eigenvalue weighted by Gasteiger charge is -2.31. The van der Waals surface area contributed by atoms with Crippen LogP contribution >= 0.6 is 0 Å². The van der Waals surface area contributed by atoms with Crippen molar-refractivity contribution in [1.29, 1.82) is 0 Å². The lowest BCUT2D eigenvalue weighted by Crippen LogP contribution is -2.45. The Morgan fingerprint density at radius 2 is 1.94 bits per heavy atom. The molecule has 4 heteroatoms. The summed E-state index contributed by atoms with van der Waals surface area (Å²) in [5.74, 6) is 0.287. The fourth-order valence-corrected chi connectivity index (χ4v) is 2.23. The maximum atomic E-state index is 12.1. The first-order valence-electron chi connectivity index (χ1n) is 6.87. The number of amides is 1. The number of nitrogens with two attached hydrogens (primary N) is 1. The number of hydrogen-bond acceptors (Lipinski definition) is 3. The minimum absolute atomic E-state index is 0.287. The van der Waals surface area contributed by atoms with Gasteiger partial charge >= 0.3 is 0 Å². The second-order valence-corrected chi connectivity index (χ2v) is 5.15. The summed E-state index contributed by atoms with van der Waals surface area (Å²) in [4.78, 5) is 16.4. The molecule has 0 bridgehead atoms. The first kappa shape index (κ1) is 14.5. The van der Waals surface area contributed by atoms with Gasteiger partial charge in [0.1, 0.15) is 0 Å². The van der Waals surface area contributed by atoms with Crippen LogP contribution in [0.15, 0.2) is 0 Å². The van der Waals surface area contributed by atoms with Gasteiger partial charge < -0.3 is 10.6 Å². The maximum Gasteiger partial charge on any atom is 0.236 e. The lowest BCUT2D eigenvalue weighted by molar-refractivity contribution is -0.133. The van der Waals surface area contributed by atoms with Crippen LogP contribution in [0.1, 0.15) is 39.5 Å². The zero-order chi connectivity index (χ0) is 12.7. The molecule has 0 saturated carbocycles. The van der Waals surface area contributed by atoms with Crippen LogP contribution in [0.5, 0.6) is 0 Å². The summed E-state index contributed by atoms with van der Waals surface area (Å²) in [6.45, 7) is 8.34. The van der Waals surface area contributed by atoms with Crippen molar-refractivity contribution in [2.24, 2.45) is 5.73 Å². The second kappa shape index (κ2) is 7.67. The Hall–Kier alpha value is -0.610. The van der Waals surface area contributed by atoms with E-state index in [1.54, 1.807) is 0 Å². The van der Waals surface area contributed by atoms with E-state index in [-0.39, 0.29) is 5.91 Å². The van der Waals surface area contributed by atoms with Crippen molar-refractivity contribution in [2.75, 3.05) is 32.7 Å². The van der Waals surface area contributed by atoms with Crippen LogP contribution in [0.4, 0.5) is 0 Å². The molecule has 0 radical (unpaired) electrons. The number of hydrogen-bond donors (Lipinski definition) is 1. The normalized spacial score (nSPS) is 16.9. The predicted octanol–water partition coefficient (Wildman–Crippen LogP) is 1.06. The largest absolute Gasteiger partial charge is 0.342 e. The van der Waals surface area contributed by atoms with E-state index in [9.17, 15) is 4.79 Å². The Kier molecular flexibility index (Phi) is 6.52. The molecule has 1 aliphatic rings. The standard InChI is InChI=1S/C13H27N3O/c1-12(2)16(10-6-7-14)11-13(17)15-8-4-3-5-9-15/h12H,3-11,14H2,1-2H3. The highest BCUT2D eigenvalue weighted by Crippen LogP contribution is 2.10. The minimum Gasteiger partial charge on any atom is -0.342 e. The van der Waals surface area contributed by atoms with E-state index in [0.29, 0.717) is 19.1 Å². The number of likely N-dealkylation sites (tertiary alicyclic amines) is 1. The van der Waals surface area contributed by atoms with Crippen LogP contribution in [0.3, 0.4) is 0 Å². The van der Waals surface area contributed by atoms with E-state index >= 15 is 0 Å². The summed E-state index contributed by atoms with van der Waals surface area (Å²) in [5, 5.41) is 0. The molecule has 1 aliphatic heterocycles. The van der Waals surface area contributed by atoms with Crippen LogP contribution in [0.2, 0.25) is 0 Å². The molecule has 0 atom stereocenters. The van der Waals surface area contributed by atoms with Crippen molar-refractivity contribution in [1.82, 2.24) is 9.80 Å². The van der Waals surface area contributed by atoms with Crippen molar-refractivity contribution in [3.8, 4) is 0 Å². The summed E-state index contributed by atoms with van der Waals surface area (Å²) in [6.07, 6.45) is 4.56. The van der Waals surface area contributed by atoms with Gasteiger partial charge in [0.15, 0.2) is 0 Å². The smallest absolute Gasteiger partial charge is 0.236 e. The molecule has 1 saturated heterocycles. The van der Waals surface area contributed by atoms with Gasteiger partial charge in [0, 0.05) is 25.7 Å². The van der Waals surface area contributed by atoms with E-state index in [0.717, 1.165) is 38.9 Å². The molecule has 0 unspecified atom stereocenters. The van der Waals surface area contributed by atoms with E-state index in [1.165, 1.54) is 6.42 Å². The van der Waals surface area contributed by atoms with Crippen LogP contribution in [0.25, 0.3) is 0 Å². The number of nitrogens with zero attached hydrogens (tertiary/aromatic N) is 2. The third-order valence-corrected chi connectivity index (χ3v) is 3.43. The molecule has 1 rings (SSSR count). The molecule has 1 amide bonds. The fourth-order valence-electron chi connectivity index (χ4n) is 2.23. The average molecular weight is 241 g/mol. The minimum atomic E-state index is 0.287. The summed E-state index contributed by atoms with van der Waals surface area (Å²) in [5.41, 5.74) is 5.53. The Labute approximate surface area is 105 Å². The van der Waals surface area contributed by atoms with Gasteiger partial charge in [-0.25, -0.2) is 0 Å². The number of carbonyl (C=O) groups is 1. The van der Waals surface area contributed by atoms with Crippen LogP contribution in [0, 0.1) is 0 Å². The molecule has 0 aromatic heterocycles. The molecule has 1 heterocycles. The van der Waals surface area contributed by atoms with E-state index < -0.39 is 0 Å². The van der Waals surface area contributed by atoms with E-state index in [2.05, 4.69) is 18.7 Å². The highest BCUT2D eigenvalue weighted by atomic mass is 16.2. The molecule has 2 N–H and O–H groups in total. The first-order valence-corrected chi connectivity index (χ1v) is 6.87. The zero-order valence-electron chi connectivity index (χ0n) is 11.3. The molecule has 1 fully saturated rings. The highest BCUT2D eigenvalue weighted by molar-refractivity contribution is 5.78. The summed E-state index contributed by atoms with van der Waals surface area (Å²) < 4.78 is 0. The van der Waals surface area contributed by atoms with Crippen LogP contribution < -0.4 is 5.73 Å². The Bertz CT molecular complexity index is 225. The molecule has 0 aromatic rings. The average Bonchev–Trinajstić information content (AvgIpc) is 2.35. The number of carbonyl (C=O) groups excluding carboxylic acids is 1. The quantitative estimate of drug-likeness (QED) is 0.756. The first-order chi connectivity index (χ1) is 8.15. The molecule has 100 valence electrons. The molecule has 17 heavy (non-hydrogen) atoms. The van der Waals surface area contributed by atoms with Crippen LogP contribution in [-0.4, -0.2) is 54.5 Å². The molecule has 0 spiro atoms. The van der Waals surface area contributed by atoms with Gasteiger partial charge in [0.05, 0.1) is 6.54 Å². The van der Waals surface area contributed by atoms with E-state index in [1.807, 2.05) is 4.90 Å². The van der Waals surface area contributed by atoms with Gasteiger partial charge in [0.25, 0.3) is 0 Å². The van der Waals surface area contributed by atoms with Crippen molar-refractivity contribution in [3.63, 3.8) is 0 Å². The molecular weight excluding hydrogens is 214 g/mol. The van der Waals surface area contributed by atoms with Gasteiger partial charge in [0.2, 0.25) is 5.91 Å². The topological polar surface area (TPSA) is 49.6 Å². The zero-order valence-corrected chi connectivity index (χ0v) is 11.3. The van der Waals surface area contributed by atoms with Gasteiger partial charge in [-0.15, -0.1) is 0 Å². The summed E-state index contributed by atoms with van der Waals surface area (Å²) >= 11 is 0. The van der Waals surface area contributed by atoms with Gasteiger partial charge in [-0.2, -0.15) is 0 Å². The van der Waals surface area contributed by atoms with Crippen molar-refractivity contribution < 1.29 is 4.79 Å². The third kappa shape index (κ3) is 5.04. The van der Waals surface area contributed by atoms with E-state index in [4.69, 9.17) is 5.73 Å². The van der Waals surface area contributed by atoms with Crippen molar-refractivity contribution in [2.45, 2.75) is 45.6 Å². The van der Waals surface area contributed by atoms with Crippen LogP contribution in [-0.2, 0) is 4.79 Å². The molecule has 0 aliphatic carbocycles. The van der Waals surface area contributed by atoms with Crippen molar-refractivity contribution >= 4 is 5.91 Å². The lowest BCUT2D eigenvalue weighted by atomic mass is 10.1. The Balaban J connectivity index is 2.39. The maximum absolute atomic E-state index is 12.1. The highest BCUT2D eigenvalue weighted by Gasteiger charge is 2.20. The van der Waals surface area contributed by atoms with Crippen molar-refractivity contribution in [3.05, 3.63) is 0 Å². The Morgan fingerprint density at radius 1 is 1.29 bits per heavy atom. The molecular formula is C13H27N3O. The summed E-state index contributed by atoms with van der Waals surface area (Å²) in [7, 11) is 0. The van der Waals surface area contributed by atoms with Gasteiger partial charge in [-0.3, -0.25) is 9.69 Å². The van der Waals surface area contributed by atoms with Gasteiger partial charge in [-0.1, -0.05) is 0 Å².